The number of nitrogens with zero attached hydrogens (tertiary/aromatic N) is 1. The molecule has 1 saturated heterocycles. The Labute approximate surface area is 96.0 Å². The normalized spacial score (nSPS) is 34.1. The van der Waals surface area contributed by atoms with Gasteiger partial charge in [0.15, 0.2) is 0 Å². The van der Waals surface area contributed by atoms with Crippen LogP contribution in [0.2, 0.25) is 0 Å². The maximum Gasteiger partial charge on any atom is 0.0258 e. The van der Waals surface area contributed by atoms with Gasteiger partial charge in [-0.3, -0.25) is 4.90 Å². The molecule has 15 heavy (non-hydrogen) atoms. The molecule has 2 fully saturated rings. The highest BCUT2D eigenvalue weighted by atomic mass is 35.5. The van der Waals surface area contributed by atoms with Gasteiger partial charge in [0.1, 0.15) is 0 Å². The number of fused-ring (bicyclic) bond motifs is 1. The van der Waals surface area contributed by atoms with Crippen LogP contribution in [0.5, 0.6) is 0 Å². The third kappa shape index (κ3) is 1.79. The van der Waals surface area contributed by atoms with Gasteiger partial charge in [-0.25, -0.2) is 0 Å². The number of hydrogen-bond acceptors (Lipinski definition) is 1. The van der Waals surface area contributed by atoms with Crippen LogP contribution in [0.3, 0.4) is 0 Å². The smallest absolute Gasteiger partial charge is 0.0258 e. The van der Waals surface area contributed by atoms with E-state index in [0.717, 1.165) is 30.2 Å². The van der Waals surface area contributed by atoms with Crippen LogP contribution >= 0.6 is 11.6 Å². The van der Waals surface area contributed by atoms with Crippen molar-refractivity contribution >= 4 is 11.6 Å². The fourth-order valence-electron chi connectivity index (χ4n) is 2.94. The van der Waals surface area contributed by atoms with Crippen LogP contribution in [0.15, 0.2) is 30.3 Å². The largest absolute Gasteiger partial charge is 0.298 e. The second-order valence-electron chi connectivity index (χ2n) is 4.83. The number of alkyl halides is 1. The molecule has 2 heteroatoms. The molecular weight excluding hydrogens is 206 g/mol. The van der Waals surface area contributed by atoms with E-state index in [2.05, 4.69) is 35.2 Å². The number of benzene rings is 1. The van der Waals surface area contributed by atoms with Crippen molar-refractivity contribution in [2.75, 3.05) is 19.0 Å². The van der Waals surface area contributed by atoms with Gasteiger partial charge in [0.2, 0.25) is 0 Å². The quantitative estimate of drug-likeness (QED) is 0.710. The fourth-order valence-corrected chi connectivity index (χ4v) is 3.39. The molecule has 3 rings (SSSR count). The van der Waals surface area contributed by atoms with Gasteiger partial charge >= 0.3 is 0 Å². The molecule has 2 aliphatic rings. The summed E-state index contributed by atoms with van der Waals surface area (Å²) in [4.78, 5) is 2.56. The average Bonchev–Trinajstić information content (AvgIpc) is 2.75. The predicted octanol–water partition coefficient (Wildman–Crippen LogP) is 2.60. The standard InChI is InChI=1S/C13H16ClN/c14-6-11-12-8-15(9-13(11)12)7-10-4-2-1-3-5-10/h1-5,11-13H,6-9H2/t12-,13-/m1/s1. The highest BCUT2D eigenvalue weighted by molar-refractivity contribution is 6.18. The first-order valence-electron chi connectivity index (χ1n) is 5.70. The predicted molar refractivity (Wildman–Crippen MR) is 62.9 cm³/mol. The first kappa shape index (κ1) is 9.68. The van der Waals surface area contributed by atoms with Gasteiger partial charge in [0.05, 0.1) is 0 Å². The summed E-state index contributed by atoms with van der Waals surface area (Å²) in [6, 6.07) is 10.7. The first-order valence-corrected chi connectivity index (χ1v) is 6.24. The van der Waals surface area contributed by atoms with Gasteiger partial charge in [-0.05, 0) is 23.3 Å². The minimum absolute atomic E-state index is 0.832. The lowest BCUT2D eigenvalue weighted by Crippen LogP contribution is -2.24. The molecule has 0 unspecified atom stereocenters. The molecule has 0 spiro atoms. The van der Waals surface area contributed by atoms with E-state index in [1.165, 1.54) is 18.7 Å². The zero-order valence-electron chi connectivity index (χ0n) is 8.77. The fraction of sp³-hybridized carbons (Fsp3) is 0.538. The molecule has 1 heterocycles. The monoisotopic (exact) mass is 221 g/mol. The zero-order chi connectivity index (χ0) is 10.3. The van der Waals surface area contributed by atoms with Crippen molar-refractivity contribution in [2.24, 2.45) is 17.8 Å². The lowest BCUT2D eigenvalue weighted by molar-refractivity contribution is 0.282. The van der Waals surface area contributed by atoms with E-state index in [0.29, 0.717) is 0 Å². The van der Waals surface area contributed by atoms with Gasteiger partial charge in [-0.2, -0.15) is 0 Å². The summed E-state index contributed by atoms with van der Waals surface area (Å²) in [5, 5.41) is 0. The molecule has 1 saturated carbocycles. The number of hydrogen-bond donors (Lipinski definition) is 0. The second-order valence-corrected chi connectivity index (χ2v) is 5.13. The minimum Gasteiger partial charge on any atom is -0.298 e. The van der Waals surface area contributed by atoms with Crippen LogP contribution < -0.4 is 0 Å². The molecule has 1 aliphatic heterocycles. The van der Waals surface area contributed by atoms with Crippen LogP contribution in [0.25, 0.3) is 0 Å². The van der Waals surface area contributed by atoms with Gasteiger partial charge < -0.3 is 0 Å². The van der Waals surface area contributed by atoms with Crippen molar-refractivity contribution < 1.29 is 0 Å². The zero-order valence-corrected chi connectivity index (χ0v) is 9.53. The maximum atomic E-state index is 5.89. The first-order chi connectivity index (χ1) is 7.38. The van der Waals surface area contributed by atoms with E-state index < -0.39 is 0 Å². The van der Waals surface area contributed by atoms with Gasteiger partial charge in [0.25, 0.3) is 0 Å². The van der Waals surface area contributed by atoms with Crippen LogP contribution in [-0.4, -0.2) is 23.9 Å². The van der Waals surface area contributed by atoms with E-state index in [1.54, 1.807) is 0 Å². The molecule has 2 atom stereocenters. The number of likely N-dealkylation sites (tertiary alicyclic amines) is 1. The van der Waals surface area contributed by atoms with E-state index in [-0.39, 0.29) is 0 Å². The van der Waals surface area contributed by atoms with Crippen molar-refractivity contribution in [2.45, 2.75) is 6.54 Å². The molecule has 1 aliphatic carbocycles. The molecule has 0 bridgehead atoms. The SMILES string of the molecule is ClCC1[C@H]2CN(Cc3ccccc3)C[C@H]12. The molecule has 1 aromatic carbocycles. The summed E-state index contributed by atoms with van der Waals surface area (Å²) in [7, 11) is 0. The Hall–Kier alpha value is -0.530. The molecule has 1 aromatic rings. The molecule has 1 nitrogen and oxygen atoms in total. The molecule has 80 valence electrons. The Morgan fingerprint density at radius 2 is 1.80 bits per heavy atom. The molecule has 0 aromatic heterocycles. The Morgan fingerprint density at radius 3 is 2.40 bits per heavy atom. The third-order valence-corrected chi connectivity index (χ3v) is 4.23. The molecule has 0 amide bonds. The van der Waals surface area contributed by atoms with Crippen molar-refractivity contribution in [3.05, 3.63) is 35.9 Å². The number of piperidine rings is 1. The Balaban J connectivity index is 1.56. The Morgan fingerprint density at radius 1 is 1.13 bits per heavy atom. The summed E-state index contributed by atoms with van der Waals surface area (Å²) >= 11 is 5.89. The summed E-state index contributed by atoms with van der Waals surface area (Å²) in [6.07, 6.45) is 0. The van der Waals surface area contributed by atoms with Crippen molar-refractivity contribution in [1.29, 1.82) is 0 Å². The highest BCUT2D eigenvalue weighted by Crippen LogP contribution is 2.52. The molecular formula is C13H16ClN. The number of rotatable bonds is 3. The van der Waals surface area contributed by atoms with Crippen molar-refractivity contribution in [3.63, 3.8) is 0 Å². The van der Waals surface area contributed by atoms with Crippen molar-refractivity contribution in [3.8, 4) is 0 Å². The highest BCUT2D eigenvalue weighted by Gasteiger charge is 2.54. The van der Waals surface area contributed by atoms with E-state index >= 15 is 0 Å². The summed E-state index contributed by atoms with van der Waals surface area (Å²) < 4.78 is 0. The van der Waals surface area contributed by atoms with Gasteiger partial charge in [0, 0.05) is 25.5 Å². The molecule has 0 radical (unpaired) electrons. The Kier molecular flexibility index (Phi) is 2.45. The molecule has 0 N–H and O–H groups in total. The van der Waals surface area contributed by atoms with Crippen LogP contribution in [0.4, 0.5) is 0 Å². The summed E-state index contributed by atoms with van der Waals surface area (Å²) in [5.74, 6) is 3.52. The average molecular weight is 222 g/mol. The van der Waals surface area contributed by atoms with E-state index in [9.17, 15) is 0 Å². The lowest BCUT2D eigenvalue weighted by Gasteiger charge is -2.18. The van der Waals surface area contributed by atoms with Gasteiger partial charge in [-0.15, -0.1) is 11.6 Å². The third-order valence-electron chi connectivity index (χ3n) is 3.87. The topological polar surface area (TPSA) is 3.24 Å². The van der Waals surface area contributed by atoms with Crippen LogP contribution in [-0.2, 0) is 6.54 Å². The Bertz CT molecular complexity index is 326. The van der Waals surface area contributed by atoms with E-state index in [4.69, 9.17) is 11.6 Å². The van der Waals surface area contributed by atoms with Crippen molar-refractivity contribution in [1.82, 2.24) is 4.90 Å². The van der Waals surface area contributed by atoms with Crippen LogP contribution in [0, 0.1) is 17.8 Å². The lowest BCUT2D eigenvalue weighted by atomic mass is 10.2. The maximum absolute atomic E-state index is 5.89. The van der Waals surface area contributed by atoms with Gasteiger partial charge in [-0.1, -0.05) is 30.3 Å². The van der Waals surface area contributed by atoms with Crippen LogP contribution in [0.1, 0.15) is 5.56 Å². The second kappa shape index (κ2) is 3.80. The summed E-state index contributed by atoms with van der Waals surface area (Å²) in [6.45, 7) is 3.64. The minimum atomic E-state index is 0.832. The number of halogens is 1. The summed E-state index contributed by atoms with van der Waals surface area (Å²) in [5.41, 5.74) is 1.43. The van der Waals surface area contributed by atoms with E-state index in [1.807, 2.05) is 0 Å².